The molecule has 4 nitrogen and oxygen atoms in total. The summed E-state index contributed by atoms with van der Waals surface area (Å²) in [4.78, 5) is 0. The van der Waals surface area contributed by atoms with E-state index in [0.29, 0.717) is 0 Å². The molecule has 8 heavy (non-hydrogen) atoms. The number of nitrogens with zero attached hydrogens (tertiary/aromatic N) is 3. The summed E-state index contributed by atoms with van der Waals surface area (Å²) in [6.45, 7) is 0. The largest absolute Gasteiger partial charge is 0.322 e. The Morgan fingerprint density at radius 1 is 1.62 bits per heavy atom. The first-order chi connectivity index (χ1) is 3.85. The highest BCUT2D eigenvalue weighted by atomic mass is 15.1. The summed E-state index contributed by atoms with van der Waals surface area (Å²) in [7, 11) is 0. The minimum Gasteiger partial charge on any atom is -0.322 e. The highest BCUT2D eigenvalue weighted by Crippen LogP contribution is 1.77. The number of hydrazone groups is 1. The predicted octanol–water partition coefficient (Wildman–Crippen LogP) is -0.262. The van der Waals surface area contributed by atoms with Crippen LogP contribution in [0.4, 0.5) is 0 Å². The molecule has 0 unspecified atom stereocenters. The first-order valence-electron chi connectivity index (χ1n) is 1.89. The zero-order valence-electron chi connectivity index (χ0n) is 4.13. The predicted molar refractivity (Wildman–Crippen MR) is 27.5 cm³/mol. The van der Waals surface area contributed by atoms with Crippen LogP contribution >= 0.6 is 0 Å². The molecule has 4 heteroatoms. The standard InChI is InChI=1S/C4H4N4/c5-2-1-4(3-6)8-7/h1,7H2. The topological polar surface area (TPSA) is 86.0 Å². The maximum Gasteiger partial charge on any atom is 0.151 e. The molecule has 0 amide bonds. The number of hydrogen-bond donors (Lipinski definition) is 1. The monoisotopic (exact) mass is 108 g/mol. The number of nitrogens with two attached hydrogens (primary N) is 1. The van der Waals surface area contributed by atoms with E-state index in [-0.39, 0.29) is 12.1 Å². The van der Waals surface area contributed by atoms with Crippen molar-refractivity contribution in [2.75, 3.05) is 0 Å². The normalized spacial score (nSPS) is 9.50. The smallest absolute Gasteiger partial charge is 0.151 e. The van der Waals surface area contributed by atoms with Crippen LogP contribution in [-0.2, 0) is 0 Å². The highest BCUT2D eigenvalue weighted by Gasteiger charge is 1.90. The molecule has 0 aliphatic heterocycles. The summed E-state index contributed by atoms with van der Waals surface area (Å²) in [6, 6.07) is 3.39. The molecule has 0 spiro atoms. The third-order valence-corrected chi connectivity index (χ3v) is 0.531. The lowest BCUT2D eigenvalue weighted by Crippen LogP contribution is -1.95. The van der Waals surface area contributed by atoms with E-state index in [9.17, 15) is 0 Å². The first-order valence-corrected chi connectivity index (χ1v) is 1.89. The van der Waals surface area contributed by atoms with Crippen LogP contribution in [0.1, 0.15) is 6.42 Å². The van der Waals surface area contributed by atoms with Gasteiger partial charge in [0.2, 0.25) is 0 Å². The van der Waals surface area contributed by atoms with Crippen molar-refractivity contribution in [1.29, 1.82) is 10.5 Å². The highest BCUT2D eigenvalue weighted by molar-refractivity contribution is 5.99. The number of hydrogen-bond acceptors (Lipinski definition) is 4. The van der Waals surface area contributed by atoms with Crippen LogP contribution in [0.3, 0.4) is 0 Å². The second kappa shape index (κ2) is 3.63. The van der Waals surface area contributed by atoms with Gasteiger partial charge in [-0.2, -0.15) is 15.6 Å². The maximum absolute atomic E-state index is 8.05. The van der Waals surface area contributed by atoms with Gasteiger partial charge in [-0.15, -0.1) is 0 Å². The van der Waals surface area contributed by atoms with Crippen LogP contribution in [-0.4, -0.2) is 5.71 Å². The Bertz CT molecular complexity index is 167. The molecule has 40 valence electrons. The average Bonchev–Trinajstić information content (AvgIpc) is 1.83. The van der Waals surface area contributed by atoms with Crippen molar-refractivity contribution in [3.05, 3.63) is 0 Å². The van der Waals surface area contributed by atoms with Crippen LogP contribution in [0.5, 0.6) is 0 Å². The molecule has 0 bridgehead atoms. The molecule has 0 aliphatic carbocycles. The number of rotatable bonds is 1. The zero-order chi connectivity index (χ0) is 6.41. The lowest BCUT2D eigenvalue weighted by atomic mass is 10.3. The van der Waals surface area contributed by atoms with Crippen molar-refractivity contribution in [3.63, 3.8) is 0 Å². The van der Waals surface area contributed by atoms with Gasteiger partial charge in [-0.25, -0.2) is 0 Å². The quantitative estimate of drug-likeness (QED) is 0.285. The average molecular weight is 108 g/mol. The van der Waals surface area contributed by atoms with Crippen LogP contribution in [0.25, 0.3) is 0 Å². The summed E-state index contributed by atoms with van der Waals surface area (Å²) in [6.07, 6.45) is -0.00694. The molecule has 0 atom stereocenters. The van der Waals surface area contributed by atoms with Gasteiger partial charge in [0.1, 0.15) is 6.07 Å². The van der Waals surface area contributed by atoms with Gasteiger partial charge < -0.3 is 5.84 Å². The second-order valence-electron chi connectivity index (χ2n) is 1.02. The van der Waals surface area contributed by atoms with Crippen molar-refractivity contribution in [3.8, 4) is 12.1 Å². The van der Waals surface area contributed by atoms with E-state index in [1.807, 2.05) is 0 Å². The van der Waals surface area contributed by atoms with Gasteiger partial charge in [0, 0.05) is 0 Å². The van der Waals surface area contributed by atoms with Gasteiger partial charge in [0.25, 0.3) is 0 Å². The minimum absolute atomic E-state index is 0.00694. The molecular formula is C4H4N4. The molecule has 0 saturated carbocycles. The number of nitriles is 2. The van der Waals surface area contributed by atoms with Crippen LogP contribution in [0.15, 0.2) is 5.10 Å². The summed E-state index contributed by atoms with van der Waals surface area (Å²) in [5.74, 6) is 4.68. The Labute approximate surface area is 46.8 Å². The molecular weight excluding hydrogens is 104 g/mol. The summed E-state index contributed by atoms with van der Waals surface area (Å²) < 4.78 is 0. The minimum atomic E-state index is -0.00694. The van der Waals surface area contributed by atoms with Crippen molar-refractivity contribution in [2.24, 2.45) is 10.9 Å². The fourth-order valence-corrected chi connectivity index (χ4v) is 0.189. The van der Waals surface area contributed by atoms with E-state index in [1.165, 1.54) is 0 Å². The van der Waals surface area contributed by atoms with E-state index in [1.54, 1.807) is 12.1 Å². The molecule has 0 radical (unpaired) electrons. The van der Waals surface area contributed by atoms with Gasteiger partial charge in [0.05, 0.1) is 12.5 Å². The lowest BCUT2D eigenvalue weighted by Gasteiger charge is -1.78. The molecule has 0 aromatic heterocycles. The van der Waals surface area contributed by atoms with Gasteiger partial charge in [-0.05, 0) is 0 Å². The molecule has 0 saturated heterocycles. The SMILES string of the molecule is N#CCC(C#N)=NN. The van der Waals surface area contributed by atoms with Gasteiger partial charge >= 0.3 is 0 Å². The van der Waals surface area contributed by atoms with Crippen LogP contribution in [0, 0.1) is 22.7 Å². The molecule has 0 aromatic rings. The van der Waals surface area contributed by atoms with E-state index in [4.69, 9.17) is 10.5 Å². The molecule has 2 N–H and O–H groups in total. The van der Waals surface area contributed by atoms with Gasteiger partial charge in [-0.3, -0.25) is 0 Å². The molecule has 0 heterocycles. The first kappa shape index (κ1) is 6.45. The van der Waals surface area contributed by atoms with Crippen molar-refractivity contribution >= 4 is 5.71 Å². The van der Waals surface area contributed by atoms with Crippen LogP contribution < -0.4 is 5.84 Å². The maximum atomic E-state index is 8.05. The van der Waals surface area contributed by atoms with Gasteiger partial charge in [0.15, 0.2) is 5.71 Å². The molecule has 0 fully saturated rings. The Morgan fingerprint density at radius 2 is 2.25 bits per heavy atom. The third kappa shape index (κ3) is 1.78. The van der Waals surface area contributed by atoms with Gasteiger partial charge in [-0.1, -0.05) is 0 Å². The summed E-state index contributed by atoms with van der Waals surface area (Å²) in [5.41, 5.74) is 0.0625. The summed E-state index contributed by atoms with van der Waals surface area (Å²) >= 11 is 0. The molecule has 0 aliphatic rings. The Balaban J connectivity index is 3.83. The van der Waals surface area contributed by atoms with Crippen molar-refractivity contribution in [2.45, 2.75) is 6.42 Å². The van der Waals surface area contributed by atoms with E-state index in [0.717, 1.165) is 0 Å². The second-order valence-corrected chi connectivity index (χ2v) is 1.02. The molecule has 0 aromatic carbocycles. The van der Waals surface area contributed by atoms with Crippen molar-refractivity contribution < 1.29 is 0 Å². The van der Waals surface area contributed by atoms with E-state index < -0.39 is 0 Å². The Kier molecular flexibility index (Phi) is 2.93. The summed E-state index contributed by atoms with van der Waals surface area (Å²) in [5, 5.41) is 19.0. The Hall–Kier alpha value is -1.55. The fraction of sp³-hybridized carbons (Fsp3) is 0.250. The van der Waals surface area contributed by atoms with E-state index in [2.05, 4.69) is 10.9 Å². The lowest BCUT2D eigenvalue weighted by molar-refractivity contribution is 1.22. The molecule has 0 rings (SSSR count). The fourth-order valence-electron chi connectivity index (χ4n) is 0.189. The van der Waals surface area contributed by atoms with Crippen LogP contribution in [0.2, 0.25) is 0 Å². The van der Waals surface area contributed by atoms with E-state index >= 15 is 0 Å². The third-order valence-electron chi connectivity index (χ3n) is 0.531. The zero-order valence-corrected chi connectivity index (χ0v) is 4.13. The Morgan fingerprint density at radius 3 is 2.38 bits per heavy atom. The van der Waals surface area contributed by atoms with Crippen molar-refractivity contribution in [1.82, 2.24) is 0 Å².